The largest absolute Gasteiger partial charge is 0.385 e. The number of nitrogens with zero attached hydrogens (tertiary/aromatic N) is 2. The molecule has 0 bridgehead atoms. The molecule has 0 aliphatic carbocycles. The molecular weight excluding hydrogens is 218 g/mol. The van der Waals surface area contributed by atoms with Gasteiger partial charge in [-0.3, -0.25) is 9.69 Å². The molecule has 0 aromatic heterocycles. The molecule has 1 atom stereocenters. The van der Waals surface area contributed by atoms with Gasteiger partial charge in [0.15, 0.2) is 0 Å². The molecule has 0 aliphatic heterocycles. The number of methoxy groups -OCH3 is 1. The van der Waals surface area contributed by atoms with Crippen molar-refractivity contribution >= 4 is 5.91 Å². The number of carbonyl (C=O) groups is 1. The topological polar surface area (TPSA) is 65.4 Å². The van der Waals surface area contributed by atoms with Crippen LogP contribution in [0.5, 0.6) is 0 Å². The average Bonchev–Trinajstić information content (AvgIpc) is 2.30. The van der Waals surface area contributed by atoms with Crippen LogP contribution in [0.15, 0.2) is 0 Å². The smallest absolute Gasteiger partial charge is 0.237 e. The zero-order valence-electron chi connectivity index (χ0n) is 11.2. The second kappa shape index (κ2) is 8.97. The van der Waals surface area contributed by atoms with Crippen molar-refractivity contribution in [2.24, 2.45) is 0 Å². The van der Waals surface area contributed by atoms with Gasteiger partial charge in [-0.2, -0.15) is 5.26 Å². The van der Waals surface area contributed by atoms with Gasteiger partial charge < -0.3 is 10.1 Å². The van der Waals surface area contributed by atoms with E-state index in [1.807, 2.05) is 25.7 Å². The lowest BCUT2D eigenvalue weighted by molar-refractivity contribution is -0.126. The Morgan fingerprint density at radius 3 is 2.59 bits per heavy atom. The molecule has 1 amide bonds. The van der Waals surface area contributed by atoms with Crippen molar-refractivity contribution in [3.05, 3.63) is 0 Å². The fourth-order valence-electron chi connectivity index (χ4n) is 1.57. The average molecular weight is 241 g/mol. The first kappa shape index (κ1) is 15.9. The molecule has 0 aliphatic rings. The minimum absolute atomic E-state index is 0.0370. The van der Waals surface area contributed by atoms with E-state index in [1.54, 1.807) is 7.11 Å². The quantitative estimate of drug-likeness (QED) is 0.503. The second-order valence-electron chi connectivity index (χ2n) is 4.24. The maximum Gasteiger partial charge on any atom is 0.237 e. The summed E-state index contributed by atoms with van der Waals surface area (Å²) in [7, 11) is 1.64. The van der Waals surface area contributed by atoms with E-state index in [2.05, 4.69) is 11.4 Å². The van der Waals surface area contributed by atoms with E-state index in [1.165, 1.54) is 0 Å². The van der Waals surface area contributed by atoms with Gasteiger partial charge in [-0.05, 0) is 27.2 Å². The van der Waals surface area contributed by atoms with E-state index in [0.29, 0.717) is 13.2 Å². The maximum atomic E-state index is 11.8. The summed E-state index contributed by atoms with van der Waals surface area (Å²) in [6.07, 6.45) is 0.800. The van der Waals surface area contributed by atoms with Crippen molar-refractivity contribution in [3.63, 3.8) is 0 Å². The molecular formula is C12H23N3O2. The Balaban J connectivity index is 4.12. The third-order valence-corrected chi connectivity index (χ3v) is 2.62. The summed E-state index contributed by atoms with van der Waals surface area (Å²) in [6.45, 7) is 7.29. The van der Waals surface area contributed by atoms with Crippen molar-refractivity contribution in [1.29, 1.82) is 5.26 Å². The first-order valence-corrected chi connectivity index (χ1v) is 5.94. The molecule has 0 fully saturated rings. The minimum atomic E-state index is -0.280. The Kier molecular flexibility index (Phi) is 8.38. The van der Waals surface area contributed by atoms with Gasteiger partial charge in [-0.25, -0.2) is 0 Å². The van der Waals surface area contributed by atoms with Crippen molar-refractivity contribution in [3.8, 4) is 6.07 Å². The number of carbonyl (C=O) groups excluding carboxylic acids is 1. The molecule has 0 saturated carbocycles. The van der Waals surface area contributed by atoms with Gasteiger partial charge in [-0.15, -0.1) is 0 Å². The zero-order chi connectivity index (χ0) is 13.3. The van der Waals surface area contributed by atoms with Crippen molar-refractivity contribution in [2.45, 2.75) is 39.3 Å². The molecule has 1 unspecified atom stereocenters. The van der Waals surface area contributed by atoms with Crippen LogP contribution in [0.25, 0.3) is 0 Å². The van der Waals surface area contributed by atoms with Crippen molar-refractivity contribution < 1.29 is 9.53 Å². The van der Waals surface area contributed by atoms with E-state index in [9.17, 15) is 4.79 Å². The molecule has 17 heavy (non-hydrogen) atoms. The molecule has 0 aromatic carbocycles. The molecule has 0 radical (unpaired) electrons. The van der Waals surface area contributed by atoms with Gasteiger partial charge in [-0.1, -0.05) is 0 Å². The molecule has 0 spiro atoms. The monoisotopic (exact) mass is 241 g/mol. The molecule has 5 heteroatoms. The molecule has 98 valence electrons. The molecule has 0 aromatic rings. The van der Waals surface area contributed by atoms with Gasteiger partial charge in [0.05, 0.1) is 18.7 Å². The standard InChI is InChI=1S/C12H23N3O2/c1-10(2)15(8-6-13)11(3)12(16)14-7-5-9-17-4/h10-11H,5,7-9H2,1-4H3,(H,14,16). The molecule has 0 rings (SSSR count). The summed E-state index contributed by atoms with van der Waals surface area (Å²) in [6, 6.07) is 1.98. The lowest BCUT2D eigenvalue weighted by atomic mass is 10.2. The summed E-state index contributed by atoms with van der Waals surface area (Å²) >= 11 is 0. The number of hydrogen-bond acceptors (Lipinski definition) is 4. The van der Waals surface area contributed by atoms with Gasteiger partial charge in [0.1, 0.15) is 0 Å². The Bertz CT molecular complexity index is 261. The maximum absolute atomic E-state index is 11.8. The first-order valence-electron chi connectivity index (χ1n) is 5.94. The van der Waals surface area contributed by atoms with Crippen LogP contribution >= 0.6 is 0 Å². The number of nitrogens with one attached hydrogen (secondary N) is 1. The van der Waals surface area contributed by atoms with Crippen LogP contribution in [0.2, 0.25) is 0 Å². The number of rotatable bonds is 8. The van der Waals surface area contributed by atoms with Crippen LogP contribution in [0.1, 0.15) is 27.2 Å². The third kappa shape index (κ3) is 6.25. The van der Waals surface area contributed by atoms with E-state index in [-0.39, 0.29) is 24.5 Å². The highest BCUT2D eigenvalue weighted by Crippen LogP contribution is 2.04. The molecule has 0 saturated heterocycles. The van der Waals surface area contributed by atoms with Crippen molar-refractivity contribution in [1.82, 2.24) is 10.2 Å². The minimum Gasteiger partial charge on any atom is -0.385 e. The Labute approximate surface area is 104 Å². The highest BCUT2D eigenvalue weighted by molar-refractivity contribution is 5.81. The number of amides is 1. The third-order valence-electron chi connectivity index (χ3n) is 2.62. The normalized spacial score (nSPS) is 12.5. The second-order valence-corrected chi connectivity index (χ2v) is 4.24. The lowest BCUT2D eigenvalue weighted by Crippen LogP contribution is -2.48. The predicted molar refractivity (Wildman–Crippen MR) is 66.4 cm³/mol. The predicted octanol–water partition coefficient (Wildman–Crippen LogP) is 0.762. The highest BCUT2D eigenvalue weighted by Gasteiger charge is 2.22. The fourth-order valence-corrected chi connectivity index (χ4v) is 1.57. The summed E-state index contributed by atoms with van der Waals surface area (Å²) in [5.41, 5.74) is 0. The van der Waals surface area contributed by atoms with Crippen LogP contribution in [0.4, 0.5) is 0 Å². The van der Waals surface area contributed by atoms with Crippen molar-refractivity contribution in [2.75, 3.05) is 26.8 Å². The Hall–Kier alpha value is -1.12. The van der Waals surface area contributed by atoms with Gasteiger partial charge >= 0.3 is 0 Å². The van der Waals surface area contributed by atoms with Gasteiger partial charge in [0.25, 0.3) is 0 Å². The van der Waals surface area contributed by atoms with Crippen LogP contribution in [-0.2, 0) is 9.53 Å². The summed E-state index contributed by atoms with van der Waals surface area (Å²) in [4.78, 5) is 13.7. The Morgan fingerprint density at radius 1 is 1.47 bits per heavy atom. The fraction of sp³-hybridized carbons (Fsp3) is 0.833. The van der Waals surface area contributed by atoms with Gasteiger partial charge in [0, 0.05) is 26.3 Å². The van der Waals surface area contributed by atoms with E-state index < -0.39 is 0 Å². The van der Waals surface area contributed by atoms with Gasteiger partial charge in [0.2, 0.25) is 5.91 Å². The number of ether oxygens (including phenoxy) is 1. The highest BCUT2D eigenvalue weighted by atomic mass is 16.5. The number of hydrogen-bond donors (Lipinski definition) is 1. The van der Waals surface area contributed by atoms with Crippen LogP contribution in [-0.4, -0.2) is 49.7 Å². The summed E-state index contributed by atoms with van der Waals surface area (Å²) in [5, 5.41) is 11.6. The molecule has 0 heterocycles. The van der Waals surface area contributed by atoms with Crippen LogP contribution < -0.4 is 5.32 Å². The molecule has 5 nitrogen and oxygen atoms in total. The van der Waals surface area contributed by atoms with E-state index in [4.69, 9.17) is 10.00 Å². The Morgan fingerprint density at radius 2 is 2.12 bits per heavy atom. The van der Waals surface area contributed by atoms with Crippen LogP contribution in [0.3, 0.4) is 0 Å². The van der Waals surface area contributed by atoms with E-state index >= 15 is 0 Å². The first-order chi connectivity index (χ1) is 8.04. The molecule has 1 N–H and O–H groups in total. The van der Waals surface area contributed by atoms with E-state index in [0.717, 1.165) is 6.42 Å². The summed E-state index contributed by atoms with van der Waals surface area (Å²) < 4.78 is 4.90. The zero-order valence-corrected chi connectivity index (χ0v) is 11.2. The van der Waals surface area contributed by atoms with Crippen LogP contribution in [0, 0.1) is 11.3 Å². The SMILES string of the molecule is COCCCNC(=O)C(C)N(CC#N)C(C)C. The lowest BCUT2D eigenvalue weighted by Gasteiger charge is -2.29. The number of nitriles is 1. The summed E-state index contributed by atoms with van der Waals surface area (Å²) in [5.74, 6) is -0.0370.